The Balaban J connectivity index is 1.66. The molecule has 0 spiro atoms. The van der Waals surface area contributed by atoms with E-state index in [4.69, 9.17) is 16.1 Å². The molecule has 0 radical (unpaired) electrons. The molecular formula is C27H22ClFN4O2. The molecule has 1 aliphatic rings. The normalized spacial score (nSPS) is 15.9. The Bertz CT molecular complexity index is 1430. The Kier molecular flexibility index (Phi) is 6.09. The highest BCUT2D eigenvalue weighted by atomic mass is 35.5. The lowest BCUT2D eigenvalue weighted by molar-refractivity contribution is 0.244. The third-order valence-corrected chi connectivity index (χ3v) is 6.26. The van der Waals surface area contributed by atoms with Gasteiger partial charge < -0.3 is 9.84 Å². The summed E-state index contributed by atoms with van der Waals surface area (Å²) in [7, 11) is 0. The molecule has 6 nitrogen and oxygen atoms in total. The van der Waals surface area contributed by atoms with Crippen molar-refractivity contribution in [3.8, 4) is 11.4 Å². The number of nitrogens with one attached hydrogen (secondary N) is 1. The lowest BCUT2D eigenvalue weighted by atomic mass is 9.94. The van der Waals surface area contributed by atoms with Gasteiger partial charge >= 0.3 is 6.03 Å². The van der Waals surface area contributed by atoms with Crippen molar-refractivity contribution in [2.75, 3.05) is 4.90 Å². The molecule has 0 fully saturated rings. The number of hydrogen-bond acceptors (Lipinski definition) is 4. The van der Waals surface area contributed by atoms with Crippen LogP contribution in [0.1, 0.15) is 36.9 Å². The third kappa shape index (κ3) is 4.42. The van der Waals surface area contributed by atoms with Crippen LogP contribution in [0.25, 0.3) is 17.0 Å². The van der Waals surface area contributed by atoms with Crippen molar-refractivity contribution < 1.29 is 13.7 Å². The van der Waals surface area contributed by atoms with E-state index in [1.54, 1.807) is 29.2 Å². The second-order valence-electron chi connectivity index (χ2n) is 8.23. The summed E-state index contributed by atoms with van der Waals surface area (Å²) >= 11 is 6.10. The average molecular weight is 489 g/mol. The van der Waals surface area contributed by atoms with Crippen molar-refractivity contribution >= 4 is 28.9 Å². The van der Waals surface area contributed by atoms with Gasteiger partial charge in [0.25, 0.3) is 5.89 Å². The first-order valence-corrected chi connectivity index (χ1v) is 11.6. The van der Waals surface area contributed by atoms with Gasteiger partial charge in [0.2, 0.25) is 5.82 Å². The van der Waals surface area contributed by atoms with Crippen molar-refractivity contribution in [1.82, 2.24) is 15.5 Å². The standard InChI is InChI=1S/C27H22ClFN4O2/c1-3-17-6-4-9-22(14-17)33-16(2)23(24(30-27(33)34)18-10-12-20(28)13-11-18)26-31-25(32-35-26)19-7-5-8-21(29)15-19/h4-15,24H,3H2,1-2H3,(H,30,34). The molecule has 0 aliphatic carbocycles. The van der Waals surface area contributed by atoms with Gasteiger partial charge in [-0.25, -0.2) is 9.18 Å². The molecule has 2 heterocycles. The van der Waals surface area contributed by atoms with Crippen LogP contribution in [0.5, 0.6) is 0 Å². The molecule has 8 heteroatoms. The maximum Gasteiger partial charge on any atom is 0.326 e. The maximum absolute atomic E-state index is 13.8. The first-order chi connectivity index (χ1) is 16.9. The predicted octanol–water partition coefficient (Wildman–Crippen LogP) is 6.79. The number of urea groups is 1. The topological polar surface area (TPSA) is 71.3 Å². The zero-order chi connectivity index (χ0) is 24.5. The molecule has 3 aromatic carbocycles. The number of anilines is 1. The number of benzene rings is 3. The Morgan fingerprint density at radius 2 is 1.86 bits per heavy atom. The minimum absolute atomic E-state index is 0.235. The number of aryl methyl sites for hydroxylation is 1. The fourth-order valence-electron chi connectivity index (χ4n) is 4.23. The third-order valence-electron chi connectivity index (χ3n) is 6.00. The van der Waals surface area contributed by atoms with E-state index in [1.807, 2.05) is 43.3 Å². The fourth-order valence-corrected chi connectivity index (χ4v) is 4.36. The van der Waals surface area contributed by atoms with Crippen molar-refractivity contribution in [2.45, 2.75) is 26.3 Å². The number of hydrogen-bond donors (Lipinski definition) is 1. The van der Waals surface area contributed by atoms with E-state index in [1.165, 1.54) is 12.1 Å². The maximum atomic E-state index is 13.8. The molecule has 2 amide bonds. The summed E-state index contributed by atoms with van der Waals surface area (Å²) in [6.45, 7) is 3.91. The molecule has 35 heavy (non-hydrogen) atoms. The van der Waals surface area contributed by atoms with Crippen LogP contribution in [0.4, 0.5) is 14.9 Å². The highest BCUT2D eigenvalue weighted by Crippen LogP contribution is 2.39. The van der Waals surface area contributed by atoms with Gasteiger partial charge in [0.1, 0.15) is 5.82 Å². The number of amides is 2. The van der Waals surface area contributed by atoms with Gasteiger partial charge in [-0.1, -0.05) is 60.1 Å². The molecule has 1 N–H and O–H groups in total. The van der Waals surface area contributed by atoms with Crippen LogP contribution >= 0.6 is 11.6 Å². The monoisotopic (exact) mass is 488 g/mol. The highest BCUT2D eigenvalue weighted by Gasteiger charge is 2.36. The first kappa shape index (κ1) is 22.8. The van der Waals surface area contributed by atoms with Crippen molar-refractivity contribution in [3.63, 3.8) is 0 Å². The second-order valence-corrected chi connectivity index (χ2v) is 8.66. The van der Waals surface area contributed by atoms with E-state index in [9.17, 15) is 9.18 Å². The van der Waals surface area contributed by atoms with Gasteiger partial charge in [-0.05, 0) is 60.9 Å². The van der Waals surface area contributed by atoms with E-state index < -0.39 is 11.9 Å². The van der Waals surface area contributed by atoms with Crippen LogP contribution in [0.2, 0.25) is 5.02 Å². The molecule has 1 aliphatic heterocycles. The lowest BCUT2D eigenvalue weighted by Gasteiger charge is -2.35. The predicted molar refractivity (Wildman–Crippen MR) is 133 cm³/mol. The molecule has 0 bridgehead atoms. The number of allylic oxidation sites excluding steroid dienone is 1. The molecule has 5 rings (SSSR count). The summed E-state index contributed by atoms with van der Waals surface area (Å²) in [6, 6.07) is 20.2. The first-order valence-electron chi connectivity index (χ1n) is 11.2. The molecule has 0 saturated carbocycles. The van der Waals surface area contributed by atoms with E-state index >= 15 is 0 Å². The quantitative estimate of drug-likeness (QED) is 0.335. The number of rotatable bonds is 5. The summed E-state index contributed by atoms with van der Waals surface area (Å²) in [5.41, 5.74) is 4.44. The number of nitrogens with zero attached hydrogens (tertiary/aromatic N) is 3. The largest absolute Gasteiger partial charge is 0.334 e. The number of carbonyl (C=O) groups is 1. The van der Waals surface area contributed by atoms with E-state index in [2.05, 4.69) is 22.4 Å². The number of carbonyl (C=O) groups excluding carboxylic acids is 1. The van der Waals surface area contributed by atoms with Gasteiger partial charge in [-0.3, -0.25) is 4.90 Å². The average Bonchev–Trinajstić information content (AvgIpc) is 3.34. The molecule has 0 saturated heterocycles. The minimum Gasteiger partial charge on any atom is -0.334 e. The summed E-state index contributed by atoms with van der Waals surface area (Å²) in [5.74, 6) is 0.0969. The summed E-state index contributed by atoms with van der Waals surface area (Å²) < 4.78 is 19.4. The summed E-state index contributed by atoms with van der Waals surface area (Å²) in [5, 5.41) is 7.74. The second kappa shape index (κ2) is 9.35. The zero-order valence-corrected chi connectivity index (χ0v) is 19.9. The lowest BCUT2D eigenvalue weighted by Crippen LogP contribution is -2.46. The molecule has 1 atom stereocenters. The molecular weight excluding hydrogens is 467 g/mol. The molecule has 1 unspecified atom stereocenters. The van der Waals surface area contributed by atoms with Gasteiger partial charge in [-0.2, -0.15) is 4.98 Å². The van der Waals surface area contributed by atoms with Crippen LogP contribution in [0.3, 0.4) is 0 Å². The van der Waals surface area contributed by atoms with Crippen molar-refractivity contribution in [1.29, 1.82) is 0 Å². The zero-order valence-electron chi connectivity index (χ0n) is 19.1. The van der Waals surface area contributed by atoms with Crippen LogP contribution < -0.4 is 10.2 Å². The van der Waals surface area contributed by atoms with E-state index in [0.29, 0.717) is 21.9 Å². The Morgan fingerprint density at radius 3 is 2.60 bits per heavy atom. The smallest absolute Gasteiger partial charge is 0.326 e. The SMILES string of the molecule is CCc1cccc(N2C(=O)NC(c3ccc(Cl)cc3)C(c3nc(-c4cccc(F)c4)no3)=C2C)c1. The Hall–Kier alpha value is -3.97. The van der Waals surface area contributed by atoms with Crippen LogP contribution in [0, 0.1) is 5.82 Å². The summed E-state index contributed by atoms with van der Waals surface area (Å²) in [4.78, 5) is 19.5. The molecule has 1 aromatic heterocycles. The number of aromatic nitrogens is 2. The van der Waals surface area contributed by atoms with Gasteiger partial charge in [0.15, 0.2) is 0 Å². The molecule has 4 aromatic rings. The Labute approximate surface area is 207 Å². The van der Waals surface area contributed by atoms with E-state index in [-0.39, 0.29) is 17.7 Å². The molecule has 176 valence electrons. The summed E-state index contributed by atoms with van der Waals surface area (Å²) in [6.07, 6.45) is 0.840. The van der Waals surface area contributed by atoms with Gasteiger partial charge in [-0.15, -0.1) is 0 Å². The van der Waals surface area contributed by atoms with Crippen LogP contribution in [0.15, 0.2) is 83.0 Å². The van der Waals surface area contributed by atoms with Crippen molar-refractivity contribution in [2.24, 2.45) is 0 Å². The van der Waals surface area contributed by atoms with Crippen LogP contribution in [-0.4, -0.2) is 16.2 Å². The highest BCUT2D eigenvalue weighted by molar-refractivity contribution is 6.30. The minimum atomic E-state index is -0.550. The van der Waals surface area contributed by atoms with Crippen LogP contribution in [-0.2, 0) is 6.42 Å². The van der Waals surface area contributed by atoms with Gasteiger partial charge in [0.05, 0.1) is 17.3 Å². The fraction of sp³-hybridized carbons (Fsp3) is 0.148. The number of halogens is 2. The van der Waals surface area contributed by atoms with Crippen molar-refractivity contribution in [3.05, 3.63) is 106 Å². The van der Waals surface area contributed by atoms with Gasteiger partial charge in [0, 0.05) is 16.3 Å². The Morgan fingerprint density at radius 1 is 1.09 bits per heavy atom. The van der Waals surface area contributed by atoms with E-state index in [0.717, 1.165) is 23.2 Å².